The molecule has 0 aliphatic carbocycles. The Bertz CT molecular complexity index is 503. The van der Waals surface area contributed by atoms with Gasteiger partial charge < -0.3 is 10.8 Å². The van der Waals surface area contributed by atoms with Crippen LogP contribution in [0, 0.1) is 5.41 Å². The largest absolute Gasteiger partial charge is 0.379 e. The molecule has 1 atom stereocenters. The predicted molar refractivity (Wildman–Crippen MR) is 83.3 cm³/mol. The standard InChI is InChI=1S/C18H23NO/c1-17(2,3)16(19)18(20,14-10-6-4-7-11-14)15-12-8-5-9-13-15/h4-13,16,20H,19H2,1-3H3/t16-/m1/s1. The number of hydrogen-bond donors (Lipinski definition) is 2. The zero-order valence-electron chi connectivity index (χ0n) is 12.4. The maximum atomic E-state index is 11.4. The molecule has 0 aromatic heterocycles. The molecule has 0 bridgehead atoms. The third kappa shape index (κ3) is 2.62. The lowest BCUT2D eigenvalue weighted by Gasteiger charge is -2.42. The molecule has 2 nitrogen and oxygen atoms in total. The van der Waals surface area contributed by atoms with E-state index in [1.54, 1.807) is 0 Å². The molecule has 0 saturated heterocycles. The Morgan fingerprint density at radius 1 is 0.800 bits per heavy atom. The van der Waals surface area contributed by atoms with Crippen molar-refractivity contribution >= 4 is 0 Å². The first-order valence-corrected chi connectivity index (χ1v) is 6.96. The van der Waals surface area contributed by atoms with Gasteiger partial charge in [-0.2, -0.15) is 0 Å². The molecular weight excluding hydrogens is 246 g/mol. The van der Waals surface area contributed by atoms with Gasteiger partial charge in [0.2, 0.25) is 0 Å². The maximum absolute atomic E-state index is 11.4. The fourth-order valence-electron chi connectivity index (χ4n) is 2.54. The fourth-order valence-corrected chi connectivity index (χ4v) is 2.54. The van der Waals surface area contributed by atoms with Crippen molar-refractivity contribution < 1.29 is 5.11 Å². The molecule has 0 unspecified atom stereocenters. The average Bonchev–Trinajstić information content (AvgIpc) is 2.46. The number of hydrogen-bond acceptors (Lipinski definition) is 2. The number of benzene rings is 2. The molecule has 0 aliphatic heterocycles. The van der Waals surface area contributed by atoms with E-state index >= 15 is 0 Å². The topological polar surface area (TPSA) is 46.2 Å². The Labute approximate surface area is 121 Å². The quantitative estimate of drug-likeness (QED) is 0.898. The average molecular weight is 269 g/mol. The van der Waals surface area contributed by atoms with Gasteiger partial charge in [0.25, 0.3) is 0 Å². The normalized spacial score (nSPS) is 14.1. The molecule has 0 aliphatic rings. The summed E-state index contributed by atoms with van der Waals surface area (Å²) in [5.41, 5.74) is 6.68. The van der Waals surface area contributed by atoms with Crippen LogP contribution in [0.15, 0.2) is 60.7 Å². The van der Waals surface area contributed by atoms with E-state index in [1.807, 2.05) is 60.7 Å². The van der Waals surface area contributed by atoms with Crippen LogP contribution in [-0.2, 0) is 5.60 Å². The summed E-state index contributed by atoms with van der Waals surface area (Å²) >= 11 is 0. The van der Waals surface area contributed by atoms with Gasteiger partial charge in [0, 0.05) is 6.04 Å². The predicted octanol–water partition coefficient (Wildman–Crippen LogP) is 3.30. The van der Waals surface area contributed by atoms with Gasteiger partial charge in [0.1, 0.15) is 5.60 Å². The van der Waals surface area contributed by atoms with Crippen LogP contribution in [0.25, 0.3) is 0 Å². The van der Waals surface area contributed by atoms with Gasteiger partial charge in [0.05, 0.1) is 0 Å². The lowest BCUT2D eigenvalue weighted by molar-refractivity contribution is 0.0111. The second-order valence-corrected chi connectivity index (χ2v) is 6.34. The number of rotatable bonds is 3. The minimum Gasteiger partial charge on any atom is -0.379 e. The van der Waals surface area contributed by atoms with E-state index in [0.717, 1.165) is 11.1 Å². The Morgan fingerprint density at radius 2 is 1.15 bits per heavy atom. The van der Waals surface area contributed by atoms with Crippen LogP contribution in [0.1, 0.15) is 31.9 Å². The summed E-state index contributed by atoms with van der Waals surface area (Å²) in [6, 6.07) is 18.9. The molecule has 2 heteroatoms. The molecule has 106 valence electrons. The molecule has 3 N–H and O–H groups in total. The molecule has 2 aromatic rings. The van der Waals surface area contributed by atoms with Crippen molar-refractivity contribution in [2.45, 2.75) is 32.4 Å². The van der Waals surface area contributed by atoms with Crippen LogP contribution in [0.4, 0.5) is 0 Å². The van der Waals surface area contributed by atoms with Gasteiger partial charge >= 0.3 is 0 Å². The molecule has 0 amide bonds. The molecule has 2 aromatic carbocycles. The summed E-state index contributed by atoms with van der Waals surface area (Å²) in [6.45, 7) is 6.15. The van der Waals surface area contributed by atoms with E-state index in [1.165, 1.54) is 0 Å². The van der Waals surface area contributed by atoms with E-state index in [0.29, 0.717) is 0 Å². The van der Waals surface area contributed by atoms with Gasteiger partial charge in [-0.1, -0.05) is 81.4 Å². The van der Waals surface area contributed by atoms with E-state index in [2.05, 4.69) is 20.8 Å². The highest BCUT2D eigenvalue weighted by Gasteiger charge is 2.43. The molecule has 0 fully saturated rings. The maximum Gasteiger partial charge on any atom is 0.130 e. The van der Waals surface area contributed by atoms with Gasteiger partial charge in [0.15, 0.2) is 0 Å². The zero-order chi connectivity index (χ0) is 14.8. The Morgan fingerprint density at radius 3 is 1.45 bits per heavy atom. The van der Waals surface area contributed by atoms with E-state index in [-0.39, 0.29) is 5.41 Å². The van der Waals surface area contributed by atoms with Crippen LogP contribution >= 0.6 is 0 Å². The minimum atomic E-state index is -1.19. The highest BCUT2D eigenvalue weighted by atomic mass is 16.3. The second-order valence-electron chi connectivity index (χ2n) is 6.34. The van der Waals surface area contributed by atoms with Crippen LogP contribution < -0.4 is 5.73 Å². The molecule has 0 heterocycles. The van der Waals surface area contributed by atoms with Crippen LogP contribution in [-0.4, -0.2) is 11.1 Å². The molecule has 0 radical (unpaired) electrons. The second kappa shape index (κ2) is 5.39. The van der Waals surface area contributed by atoms with Crippen LogP contribution in [0.5, 0.6) is 0 Å². The first-order chi connectivity index (χ1) is 9.37. The van der Waals surface area contributed by atoms with Crippen molar-refractivity contribution in [2.24, 2.45) is 11.1 Å². The van der Waals surface area contributed by atoms with Gasteiger partial charge in [-0.15, -0.1) is 0 Å². The molecule has 20 heavy (non-hydrogen) atoms. The molecule has 0 saturated carbocycles. The van der Waals surface area contributed by atoms with Gasteiger partial charge in [-0.3, -0.25) is 0 Å². The van der Waals surface area contributed by atoms with Crippen molar-refractivity contribution in [3.8, 4) is 0 Å². The Hall–Kier alpha value is -1.64. The monoisotopic (exact) mass is 269 g/mol. The first kappa shape index (κ1) is 14.8. The van der Waals surface area contributed by atoms with Crippen LogP contribution in [0.3, 0.4) is 0 Å². The van der Waals surface area contributed by atoms with Crippen LogP contribution in [0.2, 0.25) is 0 Å². The first-order valence-electron chi connectivity index (χ1n) is 6.96. The smallest absolute Gasteiger partial charge is 0.130 e. The van der Waals surface area contributed by atoms with Crippen molar-refractivity contribution in [3.05, 3.63) is 71.8 Å². The fraction of sp³-hybridized carbons (Fsp3) is 0.333. The van der Waals surface area contributed by atoms with Crippen molar-refractivity contribution in [3.63, 3.8) is 0 Å². The molecular formula is C18H23NO. The van der Waals surface area contributed by atoms with E-state index in [9.17, 15) is 5.11 Å². The summed E-state index contributed by atoms with van der Waals surface area (Å²) < 4.78 is 0. The van der Waals surface area contributed by atoms with E-state index in [4.69, 9.17) is 5.73 Å². The highest BCUT2D eigenvalue weighted by Crippen LogP contribution is 2.38. The summed E-state index contributed by atoms with van der Waals surface area (Å²) in [6.07, 6.45) is 0. The third-order valence-electron chi connectivity index (χ3n) is 3.81. The summed E-state index contributed by atoms with van der Waals surface area (Å²) in [4.78, 5) is 0. The van der Waals surface area contributed by atoms with E-state index < -0.39 is 11.6 Å². The lowest BCUT2D eigenvalue weighted by atomic mass is 9.70. The third-order valence-corrected chi connectivity index (χ3v) is 3.81. The lowest BCUT2D eigenvalue weighted by Crippen LogP contribution is -2.53. The zero-order valence-corrected chi connectivity index (χ0v) is 12.4. The number of nitrogens with two attached hydrogens (primary N) is 1. The van der Waals surface area contributed by atoms with Crippen molar-refractivity contribution in [1.82, 2.24) is 0 Å². The summed E-state index contributed by atoms with van der Waals surface area (Å²) in [5, 5.41) is 11.4. The van der Waals surface area contributed by atoms with Crippen molar-refractivity contribution in [2.75, 3.05) is 0 Å². The Kier molecular flexibility index (Phi) is 3.98. The molecule has 2 rings (SSSR count). The minimum absolute atomic E-state index is 0.222. The SMILES string of the molecule is CC(C)(C)[C@@H](N)C(O)(c1ccccc1)c1ccccc1. The summed E-state index contributed by atoms with van der Waals surface area (Å²) in [5.74, 6) is 0. The summed E-state index contributed by atoms with van der Waals surface area (Å²) in [7, 11) is 0. The van der Waals surface area contributed by atoms with Gasteiger partial charge in [-0.25, -0.2) is 0 Å². The Balaban J connectivity index is 2.61. The highest BCUT2D eigenvalue weighted by molar-refractivity contribution is 5.38. The van der Waals surface area contributed by atoms with Crippen molar-refractivity contribution in [1.29, 1.82) is 0 Å². The van der Waals surface area contributed by atoms with Gasteiger partial charge in [-0.05, 0) is 16.5 Å². The molecule has 0 spiro atoms. The number of aliphatic hydroxyl groups is 1.